The number of para-hydroxylation sites is 1. The summed E-state index contributed by atoms with van der Waals surface area (Å²) in [7, 11) is 0. The van der Waals surface area contributed by atoms with E-state index in [4.69, 9.17) is 12.2 Å². The number of thiocarbonyl (C=S) groups is 1. The number of aryl methyl sites for hydroxylation is 1. The molecule has 0 unspecified atom stereocenters. The summed E-state index contributed by atoms with van der Waals surface area (Å²) in [6.45, 7) is 1.83. The van der Waals surface area contributed by atoms with Crippen LogP contribution in [0, 0.1) is 6.92 Å². The molecule has 0 bridgehead atoms. The van der Waals surface area contributed by atoms with Gasteiger partial charge in [-0.1, -0.05) is 36.4 Å². The lowest BCUT2D eigenvalue weighted by atomic mass is 10.1. The van der Waals surface area contributed by atoms with E-state index in [0.717, 1.165) is 5.56 Å². The maximum absolute atomic E-state index is 12.0. The molecule has 23 heavy (non-hydrogen) atoms. The summed E-state index contributed by atoms with van der Waals surface area (Å²) in [5.74, 6) is -0.342. The van der Waals surface area contributed by atoms with Crippen LogP contribution in [-0.2, 0) is 0 Å². The van der Waals surface area contributed by atoms with Crippen molar-refractivity contribution in [2.24, 2.45) is 0 Å². The van der Waals surface area contributed by atoms with Crippen LogP contribution in [-0.4, -0.2) is 17.1 Å². The lowest BCUT2D eigenvalue weighted by Crippen LogP contribution is -2.49. The van der Waals surface area contributed by atoms with Gasteiger partial charge >= 0.3 is 6.03 Å². The van der Waals surface area contributed by atoms with Crippen LogP contribution in [0.25, 0.3) is 0 Å². The fraction of sp³-hybridized carbons (Fsp3) is 0.0625. The number of rotatable bonds is 2. The average Bonchev–Trinajstić information content (AvgIpc) is 2.54. The van der Waals surface area contributed by atoms with E-state index >= 15 is 0 Å². The Morgan fingerprint density at radius 2 is 1.57 bits per heavy atom. The Balaban J connectivity index is 1.80. The third-order valence-electron chi connectivity index (χ3n) is 2.94. The van der Waals surface area contributed by atoms with Crippen LogP contribution in [0.3, 0.4) is 0 Å². The van der Waals surface area contributed by atoms with Crippen LogP contribution < -0.4 is 21.5 Å². The minimum Gasteiger partial charge on any atom is -0.307 e. The summed E-state index contributed by atoms with van der Waals surface area (Å²) in [6, 6.07) is 15.6. The molecular formula is C16H16N4O2S. The van der Waals surface area contributed by atoms with Gasteiger partial charge in [-0.2, -0.15) is 0 Å². The maximum Gasteiger partial charge on any atom is 0.337 e. The molecule has 0 saturated carbocycles. The normalized spacial score (nSPS) is 9.61. The number of carbonyl (C=O) groups is 2. The van der Waals surface area contributed by atoms with E-state index < -0.39 is 6.03 Å². The number of amides is 3. The van der Waals surface area contributed by atoms with Crippen molar-refractivity contribution in [1.82, 2.24) is 16.2 Å². The average molecular weight is 328 g/mol. The van der Waals surface area contributed by atoms with Gasteiger partial charge in [-0.05, 0) is 42.9 Å². The molecule has 0 fully saturated rings. The number of benzene rings is 2. The quantitative estimate of drug-likeness (QED) is 0.504. The van der Waals surface area contributed by atoms with Crippen LogP contribution in [0.4, 0.5) is 10.5 Å². The van der Waals surface area contributed by atoms with Crippen molar-refractivity contribution in [2.45, 2.75) is 6.92 Å². The van der Waals surface area contributed by atoms with Crippen LogP contribution >= 0.6 is 12.2 Å². The largest absolute Gasteiger partial charge is 0.337 e. The van der Waals surface area contributed by atoms with Crippen LogP contribution in [0.1, 0.15) is 15.9 Å². The van der Waals surface area contributed by atoms with Crippen molar-refractivity contribution >= 4 is 35.0 Å². The van der Waals surface area contributed by atoms with Crippen molar-refractivity contribution in [2.75, 3.05) is 5.32 Å². The van der Waals surface area contributed by atoms with Crippen LogP contribution in [0.2, 0.25) is 0 Å². The summed E-state index contributed by atoms with van der Waals surface area (Å²) in [5, 5.41) is 5.10. The number of urea groups is 1. The van der Waals surface area contributed by atoms with E-state index in [2.05, 4.69) is 21.5 Å². The van der Waals surface area contributed by atoms with E-state index in [1.54, 1.807) is 36.4 Å². The third kappa shape index (κ3) is 5.08. The number of nitrogens with one attached hydrogen (secondary N) is 4. The van der Waals surface area contributed by atoms with Crippen LogP contribution in [0.5, 0.6) is 0 Å². The first-order chi connectivity index (χ1) is 11.1. The van der Waals surface area contributed by atoms with Crippen LogP contribution in [0.15, 0.2) is 54.6 Å². The van der Waals surface area contributed by atoms with Gasteiger partial charge < -0.3 is 5.32 Å². The Bertz CT molecular complexity index is 719. The molecule has 4 N–H and O–H groups in total. The van der Waals surface area contributed by atoms with Gasteiger partial charge in [0, 0.05) is 11.3 Å². The zero-order chi connectivity index (χ0) is 16.7. The van der Waals surface area contributed by atoms with Gasteiger partial charge in [0.15, 0.2) is 5.11 Å². The van der Waals surface area contributed by atoms with E-state index in [1.165, 1.54) is 0 Å². The van der Waals surface area contributed by atoms with Crippen molar-refractivity contribution in [3.05, 3.63) is 65.7 Å². The second kappa shape index (κ2) is 7.90. The highest BCUT2D eigenvalue weighted by Gasteiger charge is 2.10. The first kappa shape index (κ1) is 16.4. The molecule has 0 aliphatic carbocycles. The van der Waals surface area contributed by atoms with Crippen molar-refractivity contribution in [3.63, 3.8) is 0 Å². The van der Waals surface area contributed by atoms with Gasteiger partial charge in [0.25, 0.3) is 5.91 Å². The van der Waals surface area contributed by atoms with Gasteiger partial charge in [-0.15, -0.1) is 0 Å². The second-order valence-electron chi connectivity index (χ2n) is 4.67. The summed E-state index contributed by atoms with van der Waals surface area (Å²) in [6.07, 6.45) is 0. The topological polar surface area (TPSA) is 82.3 Å². The second-order valence-corrected chi connectivity index (χ2v) is 5.08. The van der Waals surface area contributed by atoms with Crippen molar-refractivity contribution in [1.29, 1.82) is 0 Å². The molecule has 0 spiro atoms. The predicted octanol–water partition coefficient (Wildman–Crippen LogP) is 2.34. The first-order valence-electron chi connectivity index (χ1n) is 6.85. The molecule has 0 aliphatic heterocycles. The molecule has 0 aromatic heterocycles. The molecule has 7 heteroatoms. The molecule has 0 heterocycles. The smallest absolute Gasteiger partial charge is 0.307 e. The van der Waals surface area contributed by atoms with Gasteiger partial charge in [0.05, 0.1) is 0 Å². The summed E-state index contributed by atoms with van der Waals surface area (Å²) < 4.78 is 0. The molecule has 6 nitrogen and oxygen atoms in total. The Morgan fingerprint density at radius 3 is 2.26 bits per heavy atom. The van der Waals surface area contributed by atoms with Crippen molar-refractivity contribution < 1.29 is 9.59 Å². The van der Waals surface area contributed by atoms with Gasteiger partial charge in [-0.3, -0.25) is 15.5 Å². The standard InChI is InChI=1S/C16H16N4O2S/c1-11-7-5-6-10-13(11)14(21)18-16(23)20-19-15(22)17-12-8-3-2-4-9-12/h2-10H,1H3,(H2,17,19,22)(H2,18,20,21,23). The molecule has 0 saturated heterocycles. The number of anilines is 1. The van der Waals surface area contributed by atoms with Gasteiger partial charge in [0.2, 0.25) is 0 Å². The number of hydrazine groups is 1. The fourth-order valence-corrected chi connectivity index (χ4v) is 1.97. The summed E-state index contributed by atoms with van der Waals surface area (Å²) in [5.41, 5.74) is 6.80. The van der Waals surface area contributed by atoms with E-state index in [9.17, 15) is 9.59 Å². The highest BCUT2D eigenvalue weighted by Crippen LogP contribution is 2.06. The molecule has 2 aromatic carbocycles. The highest BCUT2D eigenvalue weighted by atomic mass is 32.1. The van der Waals surface area contributed by atoms with E-state index in [-0.39, 0.29) is 11.0 Å². The molecule has 2 rings (SSSR count). The lowest BCUT2D eigenvalue weighted by molar-refractivity contribution is 0.0975. The molecule has 0 atom stereocenters. The van der Waals surface area contributed by atoms with E-state index in [1.807, 2.05) is 25.1 Å². The van der Waals surface area contributed by atoms with Gasteiger partial charge in [-0.25, -0.2) is 10.2 Å². The predicted molar refractivity (Wildman–Crippen MR) is 93.0 cm³/mol. The number of hydrogen-bond acceptors (Lipinski definition) is 3. The zero-order valence-electron chi connectivity index (χ0n) is 12.4. The SMILES string of the molecule is Cc1ccccc1C(=O)NC(=S)NNC(=O)Nc1ccccc1. The summed E-state index contributed by atoms with van der Waals surface area (Å²) in [4.78, 5) is 23.7. The Labute approximate surface area is 139 Å². The maximum atomic E-state index is 12.0. The highest BCUT2D eigenvalue weighted by molar-refractivity contribution is 7.80. The molecule has 3 amide bonds. The zero-order valence-corrected chi connectivity index (χ0v) is 13.2. The molecule has 0 radical (unpaired) electrons. The molecule has 118 valence electrons. The molecule has 0 aliphatic rings. The van der Waals surface area contributed by atoms with Gasteiger partial charge in [0.1, 0.15) is 0 Å². The summed E-state index contributed by atoms with van der Waals surface area (Å²) >= 11 is 4.97. The minimum atomic E-state index is -0.497. The first-order valence-corrected chi connectivity index (χ1v) is 7.26. The van der Waals surface area contributed by atoms with Crippen molar-refractivity contribution in [3.8, 4) is 0 Å². The van der Waals surface area contributed by atoms with E-state index in [0.29, 0.717) is 11.3 Å². The fourth-order valence-electron chi connectivity index (χ4n) is 1.83. The third-order valence-corrected chi connectivity index (χ3v) is 3.14. The lowest BCUT2D eigenvalue weighted by Gasteiger charge is -2.12. The monoisotopic (exact) mass is 328 g/mol. The number of hydrogen-bond donors (Lipinski definition) is 4. The Hall–Kier alpha value is -2.93. The Kier molecular flexibility index (Phi) is 5.65. The molecule has 2 aromatic rings. The molecular weight excluding hydrogens is 312 g/mol. The minimum absolute atomic E-state index is 0.00136. The number of carbonyl (C=O) groups excluding carboxylic acids is 2. The Morgan fingerprint density at radius 1 is 0.913 bits per heavy atom.